The molecular weight excluding hydrogens is 252 g/mol. The molecule has 0 bridgehead atoms. The fourth-order valence-corrected chi connectivity index (χ4v) is 3.15. The molecule has 0 aromatic carbocycles. The molecule has 0 saturated heterocycles. The second-order valence-electron chi connectivity index (χ2n) is 5.11. The molecule has 4 aromatic heterocycles. The van der Waals surface area contributed by atoms with Crippen molar-refractivity contribution in [1.82, 2.24) is 14.5 Å². The Balaban J connectivity index is 1.97. The Hall–Kier alpha value is -2.69. The number of nitrogens with zero attached hydrogens (tertiary/aromatic N) is 4. The van der Waals surface area contributed by atoms with Crippen molar-refractivity contribution >= 4 is 22.1 Å². The Morgan fingerprint density at radius 2 is 2.25 bits per heavy atom. The third-order valence-corrected chi connectivity index (χ3v) is 4.05. The molecule has 5 heterocycles. The van der Waals surface area contributed by atoms with Crippen molar-refractivity contribution in [3.8, 4) is 11.6 Å². The van der Waals surface area contributed by atoms with Crippen molar-refractivity contribution < 1.29 is 8.98 Å². The second kappa shape index (κ2) is 3.25. The van der Waals surface area contributed by atoms with Crippen molar-refractivity contribution in [3.05, 3.63) is 42.4 Å². The Kier molecular flexibility index (Phi) is 1.65. The maximum Gasteiger partial charge on any atom is 0.329 e. The molecule has 0 unspecified atom stereocenters. The normalized spacial score (nSPS) is 13.1. The minimum Gasteiger partial charge on any atom is -0.412 e. The smallest absolute Gasteiger partial charge is 0.329 e. The van der Waals surface area contributed by atoms with Crippen molar-refractivity contribution in [3.63, 3.8) is 0 Å². The average molecular weight is 263 g/mol. The molecule has 0 atom stereocenters. The number of pyridine rings is 2. The predicted molar refractivity (Wildman–Crippen MR) is 73.0 cm³/mol. The fourth-order valence-electron chi connectivity index (χ4n) is 3.15. The third kappa shape index (κ3) is 1.02. The number of fused-ring (bicyclic) bond motifs is 7. The minimum atomic E-state index is 0.809. The van der Waals surface area contributed by atoms with Gasteiger partial charge < -0.3 is 4.42 Å². The van der Waals surface area contributed by atoms with E-state index in [1.54, 1.807) is 6.20 Å². The average Bonchev–Trinajstić information content (AvgIpc) is 3.09. The predicted octanol–water partition coefficient (Wildman–Crippen LogP) is 2.03. The molecule has 20 heavy (non-hydrogen) atoms. The van der Waals surface area contributed by atoms with Crippen molar-refractivity contribution in [2.75, 3.05) is 0 Å². The maximum atomic E-state index is 6.11. The van der Waals surface area contributed by atoms with Gasteiger partial charge in [-0.05, 0) is 6.07 Å². The van der Waals surface area contributed by atoms with Crippen molar-refractivity contribution in [2.45, 2.75) is 6.54 Å². The largest absolute Gasteiger partial charge is 0.412 e. The molecule has 0 spiro atoms. The summed E-state index contributed by atoms with van der Waals surface area (Å²) in [6, 6.07) is 6.08. The molecule has 0 N–H and O–H groups in total. The monoisotopic (exact) mass is 263 g/mol. The van der Waals surface area contributed by atoms with E-state index in [0.717, 1.165) is 40.3 Å². The molecule has 0 saturated carbocycles. The highest BCUT2D eigenvalue weighted by Crippen LogP contribution is 2.33. The number of aryl methyl sites for hydroxylation is 1. The summed E-state index contributed by atoms with van der Waals surface area (Å²) < 4.78 is 10.5. The second-order valence-corrected chi connectivity index (χ2v) is 5.11. The van der Waals surface area contributed by atoms with Crippen LogP contribution in [0, 0.1) is 0 Å². The zero-order valence-corrected chi connectivity index (χ0v) is 10.9. The van der Waals surface area contributed by atoms with E-state index in [-0.39, 0.29) is 0 Å². The molecule has 5 rings (SSSR count). The summed E-state index contributed by atoms with van der Waals surface area (Å²) >= 11 is 0. The van der Waals surface area contributed by atoms with Gasteiger partial charge in [0.15, 0.2) is 5.69 Å². The number of hydrogen-bond donors (Lipinski definition) is 0. The lowest BCUT2D eigenvalue weighted by Crippen LogP contribution is -2.32. The quantitative estimate of drug-likeness (QED) is 0.402. The number of hydrogen-bond acceptors (Lipinski definition) is 3. The molecule has 1 aliphatic rings. The van der Waals surface area contributed by atoms with Crippen LogP contribution in [0.5, 0.6) is 0 Å². The van der Waals surface area contributed by atoms with Crippen molar-refractivity contribution in [1.29, 1.82) is 0 Å². The topological polar surface area (TPSA) is 47.7 Å². The molecule has 0 amide bonds. The Morgan fingerprint density at radius 1 is 1.30 bits per heavy atom. The van der Waals surface area contributed by atoms with Gasteiger partial charge in [0.25, 0.3) is 0 Å². The van der Waals surface area contributed by atoms with E-state index in [1.807, 2.05) is 24.5 Å². The van der Waals surface area contributed by atoms with Gasteiger partial charge in [-0.3, -0.25) is 4.98 Å². The summed E-state index contributed by atoms with van der Waals surface area (Å²) in [6.45, 7) is 0.809. The first-order chi connectivity index (χ1) is 9.84. The van der Waals surface area contributed by atoms with E-state index < -0.39 is 0 Å². The van der Waals surface area contributed by atoms with Crippen LogP contribution in [0.1, 0.15) is 5.56 Å². The zero-order chi connectivity index (χ0) is 13.3. The highest BCUT2D eigenvalue weighted by molar-refractivity contribution is 6.02. The van der Waals surface area contributed by atoms with E-state index in [9.17, 15) is 0 Å². The summed E-state index contributed by atoms with van der Waals surface area (Å²) in [7, 11) is 2.06. The van der Waals surface area contributed by atoms with Crippen LogP contribution in [-0.4, -0.2) is 14.5 Å². The van der Waals surface area contributed by atoms with Gasteiger partial charge >= 0.3 is 11.5 Å². The van der Waals surface area contributed by atoms with E-state index in [1.165, 1.54) is 5.56 Å². The van der Waals surface area contributed by atoms with E-state index in [0.29, 0.717) is 0 Å². The van der Waals surface area contributed by atoms with E-state index >= 15 is 0 Å². The molecule has 0 radical (unpaired) electrons. The molecule has 5 nitrogen and oxygen atoms in total. The van der Waals surface area contributed by atoms with Gasteiger partial charge in [-0.25, -0.2) is 9.55 Å². The van der Waals surface area contributed by atoms with Gasteiger partial charge in [-0.2, -0.15) is 4.57 Å². The van der Waals surface area contributed by atoms with Crippen LogP contribution in [0.3, 0.4) is 0 Å². The number of rotatable bonds is 0. The molecule has 5 heteroatoms. The Labute approximate surface area is 114 Å². The minimum absolute atomic E-state index is 0.809. The first-order valence-electron chi connectivity index (χ1n) is 6.53. The lowest BCUT2D eigenvalue weighted by molar-refractivity contribution is -0.652. The van der Waals surface area contributed by atoms with Crippen LogP contribution in [0.4, 0.5) is 0 Å². The van der Waals surface area contributed by atoms with E-state index in [4.69, 9.17) is 4.42 Å². The molecular formula is C15H11N4O+. The Bertz CT molecular complexity index is 996. The summed E-state index contributed by atoms with van der Waals surface area (Å²) in [5.74, 6) is 0.840. The zero-order valence-electron chi connectivity index (χ0n) is 10.9. The first kappa shape index (κ1) is 10.1. The van der Waals surface area contributed by atoms with E-state index in [2.05, 4.69) is 32.2 Å². The highest BCUT2D eigenvalue weighted by Gasteiger charge is 2.35. The van der Waals surface area contributed by atoms with Crippen LogP contribution in [0.25, 0.3) is 33.7 Å². The molecule has 0 aliphatic carbocycles. The first-order valence-corrected chi connectivity index (χ1v) is 6.53. The van der Waals surface area contributed by atoms with Crippen LogP contribution in [0.2, 0.25) is 0 Å². The van der Waals surface area contributed by atoms with Gasteiger partial charge in [0.2, 0.25) is 5.58 Å². The van der Waals surface area contributed by atoms with Gasteiger partial charge in [0, 0.05) is 30.2 Å². The summed E-state index contributed by atoms with van der Waals surface area (Å²) in [4.78, 5) is 8.65. The molecule has 96 valence electrons. The van der Waals surface area contributed by atoms with Gasteiger partial charge in [-0.1, -0.05) is 6.07 Å². The summed E-state index contributed by atoms with van der Waals surface area (Å²) in [6.07, 6.45) is 5.47. The lowest BCUT2D eigenvalue weighted by atomic mass is 10.2. The number of aromatic nitrogens is 4. The number of oxazole rings is 1. The lowest BCUT2D eigenvalue weighted by Gasteiger charge is -1.91. The van der Waals surface area contributed by atoms with Gasteiger partial charge in [-0.15, -0.1) is 0 Å². The van der Waals surface area contributed by atoms with Crippen molar-refractivity contribution in [2.24, 2.45) is 7.05 Å². The van der Waals surface area contributed by atoms with Crippen LogP contribution in [0.15, 0.2) is 41.2 Å². The third-order valence-electron chi connectivity index (χ3n) is 4.05. The van der Waals surface area contributed by atoms with Crippen LogP contribution >= 0.6 is 0 Å². The summed E-state index contributed by atoms with van der Waals surface area (Å²) in [5, 5.41) is 1.05. The molecule has 1 aliphatic heterocycles. The molecule has 4 aromatic rings. The standard InChI is InChI=1S/C15H11N4O/c1-18-11-4-6-16-7-10(11)13-14(18)19-8-9-3-2-5-17-12(9)15(19)20-13/h2-7H,8H2,1H3/q+1. The van der Waals surface area contributed by atoms with Crippen LogP contribution < -0.4 is 4.57 Å². The summed E-state index contributed by atoms with van der Waals surface area (Å²) in [5.41, 5.74) is 5.26. The maximum absolute atomic E-state index is 6.11. The Morgan fingerprint density at radius 3 is 3.20 bits per heavy atom. The molecule has 0 fully saturated rings. The highest BCUT2D eigenvalue weighted by atomic mass is 16.4. The van der Waals surface area contributed by atoms with Gasteiger partial charge in [0.05, 0.1) is 12.4 Å². The van der Waals surface area contributed by atoms with Crippen LogP contribution in [-0.2, 0) is 13.6 Å². The fraction of sp³-hybridized carbons (Fsp3) is 0.133. The van der Waals surface area contributed by atoms with Gasteiger partial charge in [0.1, 0.15) is 12.1 Å². The SMILES string of the molecule is Cn1c2ccncc2c2oc3[n+](c21)Cc1cccnc1-3.